The summed E-state index contributed by atoms with van der Waals surface area (Å²) in [6.07, 6.45) is 7.20. The smallest absolute Gasteiger partial charge is 0.208 e. The summed E-state index contributed by atoms with van der Waals surface area (Å²) in [7, 11) is 1.74. The molecule has 10 heteroatoms. The number of amidine groups is 1. The summed E-state index contributed by atoms with van der Waals surface area (Å²) in [5, 5.41) is 18.9. The molecule has 0 radical (unpaired) electrons. The van der Waals surface area contributed by atoms with E-state index in [1.165, 1.54) is 32.1 Å². The van der Waals surface area contributed by atoms with E-state index in [4.69, 9.17) is 15.7 Å². The Morgan fingerprint density at radius 1 is 1.28 bits per heavy atom. The topological polar surface area (TPSA) is 133 Å². The van der Waals surface area contributed by atoms with Gasteiger partial charge >= 0.3 is 0 Å². The molecule has 3 rings (SSSR count). The van der Waals surface area contributed by atoms with Crippen molar-refractivity contribution in [2.75, 3.05) is 44.1 Å². The number of rotatable bonds is 10. The van der Waals surface area contributed by atoms with Crippen molar-refractivity contribution in [2.45, 2.75) is 44.6 Å². The van der Waals surface area contributed by atoms with Crippen LogP contribution in [-0.4, -0.2) is 72.1 Å². The van der Waals surface area contributed by atoms with Gasteiger partial charge in [0.25, 0.3) is 0 Å². The summed E-state index contributed by atoms with van der Waals surface area (Å²) in [6.45, 7) is 6.79. The molecule has 2 aliphatic rings. The van der Waals surface area contributed by atoms with Gasteiger partial charge in [-0.3, -0.25) is 4.90 Å². The van der Waals surface area contributed by atoms with Crippen LogP contribution in [0.1, 0.15) is 44.3 Å². The Kier molecular flexibility index (Phi) is 7.59. The zero-order valence-corrected chi connectivity index (χ0v) is 17.1. The normalized spacial score (nSPS) is 20.9. The Morgan fingerprint density at radius 2 is 2.10 bits per heavy atom. The fourth-order valence-corrected chi connectivity index (χ4v) is 3.78. The number of nitrogens with one attached hydrogen (secondary N) is 2. The Labute approximate surface area is 171 Å². The SMILES string of the molecule is C=Nc1nc(/C(N)=N/O)nc(NCC2CCC2)c1NCN1CCCCC1COC. The summed E-state index contributed by atoms with van der Waals surface area (Å²) in [4.78, 5) is 15.2. The summed E-state index contributed by atoms with van der Waals surface area (Å²) < 4.78 is 5.38. The molecule has 1 unspecified atom stereocenters. The first-order valence-corrected chi connectivity index (χ1v) is 10.2. The van der Waals surface area contributed by atoms with Gasteiger partial charge in [-0.1, -0.05) is 18.0 Å². The number of aromatic nitrogens is 2. The highest BCUT2D eigenvalue weighted by atomic mass is 16.5. The molecule has 0 amide bonds. The van der Waals surface area contributed by atoms with Crippen molar-refractivity contribution in [3.8, 4) is 0 Å². The second kappa shape index (κ2) is 10.4. The van der Waals surface area contributed by atoms with Gasteiger partial charge in [0.1, 0.15) is 5.69 Å². The highest BCUT2D eigenvalue weighted by Gasteiger charge is 2.24. The largest absolute Gasteiger partial charge is 0.409 e. The minimum absolute atomic E-state index is 0.117. The number of hydrogen-bond acceptors (Lipinski definition) is 9. The first-order valence-electron chi connectivity index (χ1n) is 10.2. The zero-order valence-electron chi connectivity index (χ0n) is 17.1. The van der Waals surface area contributed by atoms with Gasteiger partial charge in [-0.15, -0.1) is 0 Å². The van der Waals surface area contributed by atoms with Crippen LogP contribution in [-0.2, 0) is 4.74 Å². The molecule has 0 aromatic carbocycles. The van der Waals surface area contributed by atoms with Crippen molar-refractivity contribution in [3.63, 3.8) is 0 Å². The average Bonchev–Trinajstić information content (AvgIpc) is 2.71. The van der Waals surface area contributed by atoms with Crippen molar-refractivity contribution in [2.24, 2.45) is 21.8 Å². The number of piperidine rings is 1. The molecular formula is C19H32N8O2. The van der Waals surface area contributed by atoms with Crippen molar-refractivity contribution in [1.82, 2.24) is 14.9 Å². The van der Waals surface area contributed by atoms with E-state index < -0.39 is 0 Å². The second-order valence-corrected chi connectivity index (χ2v) is 7.67. The lowest BCUT2D eigenvalue weighted by atomic mass is 9.85. The van der Waals surface area contributed by atoms with Crippen LogP contribution in [0.25, 0.3) is 0 Å². The number of ether oxygens (including phenoxy) is 1. The third kappa shape index (κ3) is 5.33. The lowest BCUT2D eigenvalue weighted by Gasteiger charge is -2.35. The first kappa shape index (κ1) is 21.3. The van der Waals surface area contributed by atoms with Crippen molar-refractivity contribution in [1.29, 1.82) is 0 Å². The minimum atomic E-state index is -0.163. The van der Waals surface area contributed by atoms with E-state index in [2.05, 4.69) is 42.4 Å². The van der Waals surface area contributed by atoms with Gasteiger partial charge in [-0.2, -0.15) is 0 Å². The molecule has 2 heterocycles. The predicted molar refractivity (Wildman–Crippen MR) is 114 cm³/mol. The van der Waals surface area contributed by atoms with Gasteiger partial charge in [-0.25, -0.2) is 15.0 Å². The quantitative estimate of drug-likeness (QED) is 0.201. The standard InChI is InChI=1S/C19H32N8O2/c1-21-17-15(23-12-27-9-4-3-8-14(27)11-29-2)18(22-10-13-6-5-7-13)25-19(24-17)16(20)26-28/h13-14,23,28H,1,3-12H2,2H3,(H2,20,26)(H,22,24,25). The molecule has 1 saturated carbocycles. The van der Waals surface area contributed by atoms with Crippen LogP contribution in [0.4, 0.5) is 17.3 Å². The lowest BCUT2D eigenvalue weighted by molar-refractivity contribution is 0.0701. The first-order chi connectivity index (χ1) is 14.2. The number of nitrogens with two attached hydrogens (primary N) is 1. The Hall–Kier alpha value is -2.46. The molecule has 10 nitrogen and oxygen atoms in total. The molecule has 1 aromatic heterocycles. The number of nitrogens with zero attached hydrogens (tertiary/aromatic N) is 5. The third-order valence-electron chi connectivity index (χ3n) is 5.73. The lowest BCUT2D eigenvalue weighted by Crippen LogP contribution is -2.44. The zero-order chi connectivity index (χ0) is 20.6. The molecule has 1 atom stereocenters. The molecule has 160 valence electrons. The van der Waals surface area contributed by atoms with Gasteiger partial charge < -0.3 is 26.3 Å². The molecule has 0 bridgehead atoms. The number of anilines is 2. The van der Waals surface area contributed by atoms with Gasteiger partial charge in [0.2, 0.25) is 11.7 Å². The van der Waals surface area contributed by atoms with Crippen LogP contribution in [0.15, 0.2) is 10.1 Å². The maximum Gasteiger partial charge on any atom is 0.208 e. The molecule has 5 N–H and O–H groups in total. The summed E-state index contributed by atoms with van der Waals surface area (Å²) >= 11 is 0. The van der Waals surface area contributed by atoms with E-state index >= 15 is 0 Å². The third-order valence-corrected chi connectivity index (χ3v) is 5.73. The Morgan fingerprint density at radius 3 is 2.76 bits per heavy atom. The Bertz CT molecular complexity index is 720. The molecular weight excluding hydrogens is 372 g/mol. The van der Waals surface area contributed by atoms with Gasteiger partial charge in [-0.05, 0) is 38.3 Å². The van der Waals surface area contributed by atoms with Gasteiger partial charge in [0.05, 0.1) is 13.3 Å². The maximum absolute atomic E-state index is 9.01. The van der Waals surface area contributed by atoms with Crippen molar-refractivity contribution < 1.29 is 9.94 Å². The highest BCUT2D eigenvalue weighted by molar-refractivity contribution is 5.95. The molecule has 0 spiro atoms. The van der Waals surface area contributed by atoms with Crippen LogP contribution in [0.5, 0.6) is 0 Å². The summed E-state index contributed by atoms with van der Waals surface area (Å²) in [5.41, 5.74) is 6.39. The molecule has 1 aliphatic carbocycles. The highest BCUT2D eigenvalue weighted by Crippen LogP contribution is 2.32. The number of likely N-dealkylation sites (tertiary alicyclic amines) is 1. The minimum Gasteiger partial charge on any atom is -0.409 e. The van der Waals surface area contributed by atoms with Gasteiger partial charge in [0.15, 0.2) is 11.6 Å². The maximum atomic E-state index is 9.01. The van der Waals surface area contributed by atoms with Crippen molar-refractivity contribution in [3.05, 3.63) is 5.82 Å². The van der Waals surface area contributed by atoms with Gasteiger partial charge in [0, 0.05) is 26.2 Å². The fourth-order valence-electron chi connectivity index (χ4n) is 3.78. The number of oxime groups is 1. The number of aliphatic imine (C=N–C) groups is 1. The van der Waals surface area contributed by atoms with Crippen LogP contribution < -0.4 is 16.4 Å². The molecule has 1 aromatic rings. The van der Waals surface area contributed by atoms with Crippen LogP contribution in [0.2, 0.25) is 0 Å². The summed E-state index contributed by atoms with van der Waals surface area (Å²) in [6, 6.07) is 0.380. The van der Waals surface area contributed by atoms with E-state index in [1.54, 1.807) is 7.11 Å². The number of methoxy groups -OCH3 is 1. The molecule has 29 heavy (non-hydrogen) atoms. The van der Waals surface area contributed by atoms with Crippen LogP contribution in [0, 0.1) is 5.92 Å². The Balaban J connectivity index is 1.80. The van der Waals surface area contributed by atoms with E-state index in [0.29, 0.717) is 42.6 Å². The second-order valence-electron chi connectivity index (χ2n) is 7.67. The van der Waals surface area contributed by atoms with Crippen LogP contribution in [0.3, 0.4) is 0 Å². The molecule has 1 saturated heterocycles. The van der Waals surface area contributed by atoms with E-state index in [1.807, 2.05) is 0 Å². The summed E-state index contributed by atoms with van der Waals surface area (Å²) in [5.74, 6) is 1.56. The van der Waals surface area contributed by atoms with E-state index in [9.17, 15) is 0 Å². The molecule has 2 fully saturated rings. The average molecular weight is 405 g/mol. The molecule has 1 aliphatic heterocycles. The fraction of sp³-hybridized carbons (Fsp3) is 0.684. The van der Waals surface area contributed by atoms with Crippen molar-refractivity contribution >= 4 is 29.9 Å². The monoisotopic (exact) mass is 404 g/mol. The van der Waals surface area contributed by atoms with Crippen LogP contribution >= 0.6 is 0 Å². The predicted octanol–water partition coefficient (Wildman–Crippen LogP) is 1.99. The van der Waals surface area contributed by atoms with E-state index in [-0.39, 0.29) is 11.7 Å². The number of hydrogen-bond donors (Lipinski definition) is 4. The van der Waals surface area contributed by atoms with E-state index in [0.717, 1.165) is 19.5 Å².